The van der Waals surface area contributed by atoms with E-state index in [-0.39, 0.29) is 5.54 Å². The Morgan fingerprint density at radius 2 is 1.38 bits per heavy atom. The van der Waals surface area contributed by atoms with Crippen molar-refractivity contribution in [3.63, 3.8) is 0 Å². The molecule has 37 heavy (non-hydrogen) atoms. The number of halogens is 2. The predicted molar refractivity (Wildman–Crippen MR) is 161 cm³/mol. The lowest BCUT2D eigenvalue weighted by Gasteiger charge is -2.23. The molecule has 0 bridgehead atoms. The molecule has 1 unspecified atom stereocenters. The van der Waals surface area contributed by atoms with Crippen LogP contribution in [0.25, 0.3) is 0 Å². The number of carboxylic acid groups (broad SMARTS) is 1. The fraction of sp³-hybridized carbons (Fsp3) is 0.700. The highest BCUT2D eigenvalue weighted by Crippen LogP contribution is 2.31. The SMILES string of the molecule is CC(C)(C)NCC(O)c1cc(Cl)c(N)c(Cl)c1.CCCCCCCCC=CCCCCCCCC(=O)O. The molecule has 0 amide bonds. The minimum Gasteiger partial charge on any atom is -0.481 e. The van der Waals surface area contributed by atoms with Crippen molar-refractivity contribution in [1.29, 1.82) is 0 Å². The number of β-amino-alcohol motifs (C(OH)–C–C–N with tert-alkyl or cyclic N) is 1. The van der Waals surface area contributed by atoms with Crippen molar-refractivity contribution < 1.29 is 15.0 Å². The van der Waals surface area contributed by atoms with E-state index in [4.69, 9.17) is 34.0 Å². The number of aliphatic hydroxyl groups is 1. The highest BCUT2D eigenvalue weighted by Gasteiger charge is 2.15. The third kappa shape index (κ3) is 21.4. The van der Waals surface area contributed by atoms with Crippen molar-refractivity contribution in [2.45, 2.75) is 129 Å². The molecule has 1 rings (SSSR count). The summed E-state index contributed by atoms with van der Waals surface area (Å²) < 4.78 is 0. The normalized spacial score (nSPS) is 12.4. The molecular formula is C30H52Cl2N2O3. The Bertz CT molecular complexity index is 741. The van der Waals surface area contributed by atoms with Gasteiger partial charge < -0.3 is 21.3 Å². The zero-order valence-corrected chi connectivity index (χ0v) is 25.1. The molecule has 0 spiro atoms. The van der Waals surface area contributed by atoms with Crippen LogP contribution in [0.3, 0.4) is 0 Å². The van der Waals surface area contributed by atoms with Gasteiger partial charge in [0.05, 0.1) is 21.8 Å². The highest BCUT2D eigenvalue weighted by molar-refractivity contribution is 6.38. The lowest BCUT2D eigenvalue weighted by Crippen LogP contribution is -2.38. The minimum atomic E-state index is -0.664. The van der Waals surface area contributed by atoms with Crippen molar-refractivity contribution in [1.82, 2.24) is 5.32 Å². The van der Waals surface area contributed by atoms with Crippen LogP contribution in [0.1, 0.15) is 129 Å². The monoisotopic (exact) mass is 558 g/mol. The lowest BCUT2D eigenvalue weighted by molar-refractivity contribution is -0.137. The van der Waals surface area contributed by atoms with E-state index < -0.39 is 12.1 Å². The number of hydrogen-bond acceptors (Lipinski definition) is 4. The van der Waals surface area contributed by atoms with E-state index in [0.29, 0.717) is 34.3 Å². The number of carboxylic acids is 1. The van der Waals surface area contributed by atoms with Gasteiger partial charge in [0, 0.05) is 18.5 Å². The van der Waals surface area contributed by atoms with Gasteiger partial charge in [-0.25, -0.2) is 0 Å². The number of aliphatic hydroxyl groups excluding tert-OH is 1. The average Bonchev–Trinajstić information content (AvgIpc) is 2.83. The molecule has 0 aliphatic carbocycles. The Labute approximate surface area is 236 Å². The molecule has 0 radical (unpaired) electrons. The Hall–Kier alpha value is -1.27. The number of aliphatic carboxylic acids is 1. The maximum atomic E-state index is 10.3. The second-order valence-electron chi connectivity index (χ2n) is 10.8. The predicted octanol–water partition coefficient (Wildman–Crippen LogP) is 9.11. The van der Waals surface area contributed by atoms with E-state index >= 15 is 0 Å². The first-order valence-corrected chi connectivity index (χ1v) is 14.8. The Balaban J connectivity index is 0.000000708. The fourth-order valence-corrected chi connectivity index (χ4v) is 4.17. The summed E-state index contributed by atoms with van der Waals surface area (Å²) in [5.41, 5.74) is 6.58. The standard InChI is InChI=1S/C18H34O2.C12H18Cl2N2O/c1-2-3-4-5-6-7-8-9-10-11-12-13-14-15-16-17-18(19)20;1-12(2,3)16-6-10(17)7-4-8(13)11(15)9(14)5-7/h9-10H,2-8,11-17H2,1H3,(H,19,20);4-5,10,16-17H,6,15H2,1-3H3. The third-order valence-electron chi connectivity index (χ3n) is 5.96. The zero-order chi connectivity index (χ0) is 28.1. The molecule has 0 fully saturated rings. The zero-order valence-electron chi connectivity index (χ0n) is 23.6. The number of benzene rings is 1. The van der Waals surface area contributed by atoms with Crippen LogP contribution in [-0.4, -0.2) is 28.3 Å². The van der Waals surface area contributed by atoms with Gasteiger partial charge in [0.2, 0.25) is 0 Å². The average molecular weight is 560 g/mol. The number of carbonyl (C=O) groups is 1. The second kappa shape index (κ2) is 21.6. The number of rotatable bonds is 18. The van der Waals surface area contributed by atoms with Crippen molar-refractivity contribution >= 4 is 34.9 Å². The molecule has 1 aromatic carbocycles. The molecule has 5 N–H and O–H groups in total. The second-order valence-corrected chi connectivity index (χ2v) is 11.6. The maximum absolute atomic E-state index is 10.3. The largest absolute Gasteiger partial charge is 0.481 e. The fourth-order valence-electron chi connectivity index (χ4n) is 3.66. The third-order valence-corrected chi connectivity index (χ3v) is 6.59. The number of nitrogens with one attached hydrogen (secondary N) is 1. The summed E-state index contributed by atoms with van der Waals surface area (Å²) in [5.74, 6) is -0.664. The molecular weight excluding hydrogens is 507 g/mol. The van der Waals surface area contributed by atoms with Gasteiger partial charge in [-0.1, -0.05) is 93.6 Å². The molecule has 0 heterocycles. The molecule has 7 heteroatoms. The van der Waals surface area contributed by atoms with Crippen LogP contribution in [0, 0.1) is 0 Å². The molecule has 214 valence electrons. The number of hydrogen-bond donors (Lipinski definition) is 4. The molecule has 0 aliphatic rings. The van der Waals surface area contributed by atoms with Crippen LogP contribution < -0.4 is 11.1 Å². The number of nitrogens with two attached hydrogens (primary N) is 1. The molecule has 0 saturated carbocycles. The van der Waals surface area contributed by atoms with E-state index in [9.17, 15) is 9.90 Å². The van der Waals surface area contributed by atoms with Gasteiger partial charge in [-0.3, -0.25) is 4.79 Å². The summed E-state index contributed by atoms with van der Waals surface area (Å²) in [6.45, 7) is 8.78. The molecule has 0 aliphatic heterocycles. The van der Waals surface area contributed by atoms with Crippen LogP contribution in [0.5, 0.6) is 0 Å². The van der Waals surface area contributed by atoms with Crippen LogP contribution in [0.4, 0.5) is 5.69 Å². The van der Waals surface area contributed by atoms with E-state index in [1.165, 1.54) is 70.6 Å². The van der Waals surface area contributed by atoms with E-state index in [1.54, 1.807) is 12.1 Å². The van der Waals surface area contributed by atoms with Crippen LogP contribution in [-0.2, 0) is 4.79 Å². The summed E-state index contributed by atoms with van der Waals surface area (Å²) in [6.07, 6.45) is 20.6. The van der Waals surface area contributed by atoms with E-state index in [1.807, 2.05) is 20.8 Å². The molecule has 0 aromatic heterocycles. The highest BCUT2D eigenvalue weighted by atomic mass is 35.5. The number of nitrogen functional groups attached to an aromatic ring is 1. The summed E-state index contributed by atoms with van der Waals surface area (Å²) in [4.78, 5) is 10.3. The molecule has 1 atom stereocenters. The van der Waals surface area contributed by atoms with Crippen molar-refractivity contribution in [3.8, 4) is 0 Å². The van der Waals surface area contributed by atoms with Gasteiger partial charge in [0.15, 0.2) is 0 Å². The summed E-state index contributed by atoms with van der Waals surface area (Å²) >= 11 is 11.8. The lowest BCUT2D eigenvalue weighted by atomic mass is 10.1. The maximum Gasteiger partial charge on any atom is 0.303 e. The van der Waals surface area contributed by atoms with Crippen LogP contribution in [0.2, 0.25) is 10.0 Å². The van der Waals surface area contributed by atoms with Crippen molar-refractivity contribution in [2.24, 2.45) is 0 Å². The Kier molecular flexibility index (Phi) is 20.9. The van der Waals surface area contributed by atoms with Gasteiger partial charge in [0.1, 0.15) is 0 Å². The number of allylic oxidation sites excluding steroid dienone is 2. The van der Waals surface area contributed by atoms with Gasteiger partial charge >= 0.3 is 5.97 Å². The molecule has 1 aromatic rings. The minimum absolute atomic E-state index is 0.0532. The Morgan fingerprint density at radius 3 is 1.84 bits per heavy atom. The molecule has 0 saturated heterocycles. The summed E-state index contributed by atoms with van der Waals surface area (Å²) in [6, 6.07) is 3.27. The van der Waals surface area contributed by atoms with E-state index in [0.717, 1.165) is 12.8 Å². The first-order valence-electron chi connectivity index (χ1n) is 14.0. The van der Waals surface area contributed by atoms with Gasteiger partial charge in [-0.05, 0) is 70.6 Å². The van der Waals surface area contributed by atoms with Gasteiger partial charge in [-0.2, -0.15) is 0 Å². The quantitative estimate of drug-likeness (QED) is 0.0817. The van der Waals surface area contributed by atoms with Crippen LogP contribution in [0.15, 0.2) is 24.3 Å². The summed E-state index contributed by atoms with van der Waals surface area (Å²) in [5, 5.41) is 22.4. The smallest absolute Gasteiger partial charge is 0.303 e. The number of anilines is 1. The van der Waals surface area contributed by atoms with Crippen molar-refractivity contribution in [2.75, 3.05) is 12.3 Å². The Morgan fingerprint density at radius 1 is 0.919 bits per heavy atom. The summed E-state index contributed by atoms with van der Waals surface area (Å²) in [7, 11) is 0. The van der Waals surface area contributed by atoms with Crippen molar-refractivity contribution in [3.05, 3.63) is 39.9 Å². The van der Waals surface area contributed by atoms with E-state index in [2.05, 4.69) is 24.4 Å². The first kappa shape index (κ1) is 35.7. The topological polar surface area (TPSA) is 95.6 Å². The van der Waals surface area contributed by atoms with Gasteiger partial charge in [-0.15, -0.1) is 0 Å². The molecule has 5 nitrogen and oxygen atoms in total. The van der Waals surface area contributed by atoms with Crippen LogP contribution >= 0.6 is 23.2 Å². The first-order chi connectivity index (χ1) is 17.5. The number of unbranched alkanes of at least 4 members (excludes halogenated alkanes) is 11. The van der Waals surface area contributed by atoms with Gasteiger partial charge in [0.25, 0.3) is 0 Å².